The molecule has 0 saturated heterocycles. The molecule has 0 aliphatic carbocycles. The van der Waals surface area contributed by atoms with Crippen LogP contribution in [0.4, 0.5) is 0 Å². The normalized spacial score (nSPS) is 10.1. The summed E-state index contributed by atoms with van der Waals surface area (Å²) in [6.07, 6.45) is 0.743. The van der Waals surface area contributed by atoms with Crippen molar-refractivity contribution in [3.63, 3.8) is 0 Å². The van der Waals surface area contributed by atoms with E-state index in [2.05, 4.69) is 15.4 Å². The van der Waals surface area contributed by atoms with Crippen molar-refractivity contribution in [3.8, 4) is 0 Å². The second kappa shape index (κ2) is 3.80. The summed E-state index contributed by atoms with van der Waals surface area (Å²) in [4.78, 5) is 11.6. The van der Waals surface area contributed by atoms with Crippen molar-refractivity contribution < 1.29 is 9.90 Å². The van der Waals surface area contributed by atoms with E-state index in [1.165, 1.54) is 4.80 Å². The van der Waals surface area contributed by atoms with Gasteiger partial charge in [0.05, 0.1) is 6.54 Å². The Bertz CT molecular complexity index is 270. The summed E-state index contributed by atoms with van der Waals surface area (Å²) in [6, 6.07) is 0. The molecule has 0 fully saturated rings. The Hall–Kier alpha value is -1.46. The first-order chi connectivity index (χ1) is 5.72. The van der Waals surface area contributed by atoms with Gasteiger partial charge >= 0.3 is 5.97 Å². The molecular weight excluding hydrogens is 160 g/mol. The SMILES string of the molecule is CCCn1nnc(CC(=O)O)n1. The van der Waals surface area contributed by atoms with Crippen molar-refractivity contribution in [2.24, 2.45) is 0 Å². The topological polar surface area (TPSA) is 80.9 Å². The predicted molar refractivity (Wildman–Crippen MR) is 39.4 cm³/mol. The van der Waals surface area contributed by atoms with Gasteiger partial charge in [0.25, 0.3) is 0 Å². The molecule has 0 aliphatic heterocycles. The Morgan fingerprint density at radius 2 is 2.42 bits per heavy atom. The van der Waals surface area contributed by atoms with Crippen LogP contribution in [0.25, 0.3) is 0 Å². The fourth-order valence-electron chi connectivity index (χ4n) is 0.777. The van der Waals surface area contributed by atoms with Crippen LogP contribution in [0.15, 0.2) is 0 Å². The zero-order valence-electron chi connectivity index (χ0n) is 6.77. The summed E-state index contributed by atoms with van der Waals surface area (Å²) in [5.74, 6) is -0.679. The molecule has 0 unspecified atom stereocenters. The molecule has 1 aromatic heterocycles. The van der Waals surface area contributed by atoms with Gasteiger partial charge in [-0.3, -0.25) is 4.79 Å². The van der Waals surface area contributed by atoms with Gasteiger partial charge in [-0.25, -0.2) is 0 Å². The monoisotopic (exact) mass is 170 g/mol. The third-order valence-electron chi connectivity index (χ3n) is 1.23. The maximum atomic E-state index is 10.2. The zero-order valence-corrected chi connectivity index (χ0v) is 6.77. The average Bonchev–Trinajstić information content (AvgIpc) is 2.36. The lowest BCUT2D eigenvalue weighted by atomic mass is 10.4. The second-order valence-corrected chi connectivity index (χ2v) is 2.37. The lowest BCUT2D eigenvalue weighted by Crippen LogP contribution is -2.04. The molecule has 0 bridgehead atoms. The highest BCUT2D eigenvalue weighted by Gasteiger charge is 2.06. The van der Waals surface area contributed by atoms with Crippen molar-refractivity contribution in [2.75, 3.05) is 0 Å². The number of hydrogen-bond acceptors (Lipinski definition) is 4. The van der Waals surface area contributed by atoms with Crippen LogP contribution in [-0.4, -0.2) is 31.3 Å². The summed E-state index contributed by atoms with van der Waals surface area (Å²) in [5, 5.41) is 19.5. The Labute approximate surface area is 69.2 Å². The van der Waals surface area contributed by atoms with E-state index in [0.717, 1.165) is 6.42 Å². The number of carboxylic acids is 1. The molecule has 1 aromatic rings. The van der Waals surface area contributed by atoms with Crippen LogP contribution in [0.2, 0.25) is 0 Å². The van der Waals surface area contributed by atoms with E-state index in [4.69, 9.17) is 5.11 Å². The molecule has 6 heteroatoms. The number of carboxylic acid groups (broad SMARTS) is 1. The van der Waals surface area contributed by atoms with Crippen molar-refractivity contribution >= 4 is 5.97 Å². The smallest absolute Gasteiger partial charge is 0.311 e. The van der Waals surface area contributed by atoms with Crippen molar-refractivity contribution in [1.29, 1.82) is 0 Å². The standard InChI is InChI=1S/C6H10N4O2/c1-2-3-10-8-5(7-9-10)4-6(11)12/h2-4H2,1H3,(H,11,12). The van der Waals surface area contributed by atoms with Gasteiger partial charge < -0.3 is 5.11 Å². The number of rotatable bonds is 4. The lowest BCUT2D eigenvalue weighted by Gasteiger charge is -1.90. The molecular formula is C6H10N4O2. The van der Waals surface area contributed by atoms with E-state index in [0.29, 0.717) is 6.54 Å². The van der Waals surface area contributed by atoms with Crippen LogP contribution < -0.4 is 0 Å². The van der Waals surface area contributed by atoms with Gasteiger partial charge in [0.1, 0.15) is 6.42 Å². The largest absolute Gasteiger partial charge is 0.481 e. The minimum atomic E-state index is -0.939. The van der Waals surface area contributed by atoms with Crippen LogP contribution >= 0.6 is 0 Å². The molecule has 66 valence electrons. The van der Waals surface area contributed by atoms with E-state index in [-0.39, 0.29) is 12.2 Å². The number of aliphatic carboxylic acids is 1. The first kappa shape index (κ1) is 8.63. The maximum absolute atomic E-state index is 10.2. The first-order valence-electron chi connectivity index (χ1n) is 3.71. The average molecular weight is 170 g/mol. The van der Waals surface area contributed by atoms with Crippen molar-refractivity contribution in [3.05, 3.63) is 5.82 Å². The van der Waals surface area contributed by atoms with Crippen LogP contribution in [-0.2, 0) is 17.8 Å². The number of nitrogens with zero attached hydrogens (tertiary/aromatic N) is 4. The molecule has 1 rings (SSSR count). The molecule has 1 heterocycles. The molecule has 0 saturated carbocycles. The highest BCUT2D eigenvalue weighted by Crippen LogP contribution is 1.89. The fraction of sp³-hybridized carbons (Fsp3) is 0.667. The Balaban J connectivity index is 2.58. The van der Waals surface area contributed by atoms with Crippen LogP contribution in [0, 0.1) is 0 Å². The first-order valence-corrected chi connectivity index (χ1v) is 3.71. The molecule has 0 radical (unpaired) electrons. The minimum Gasteiger partial charge on any atom is -0.481 e. The number of tetrazole rings is 1. The zero-order chi connectivity index (χ0) is 8.97. The quantitative estimate of drug-likeness (QED) is 0.671. The Morgan fingerprint density at radius 1 is 1.67 bits per heavy atom. The van der Waals surface area contributed by atoms with Gasteiger partial charge in [0.2, 0.25) is 0 Å². The van der Waals surface area contributed by atoms with Gasteiger partial charge in [-0.05, 0) is 11.6 Å². The van der Waals surface area contributed by atoms with Crippen molar-refractivity contribution in [2.45, 2.75) is 26.3 Å². The van der Waals surface area contributed by atoms with Crippen LogP contribution in [0.1, 0.15) is 19.2 Å². The minimum absolute atomic E-state index is 0.163. The molecule has 0 aliphatic rings. The molecule has 0 spiro atoms. The summed E-state index contributed by atoms with van der Waals surface area (Å²) >= 11 is 0. The van der Waals surface area contributed by atoms with E-state index in [1.54, 1.807) is 0 Å². The molecule has 6 nitrogen and oxygen atoms in total. The van der Waals surface area contributed by atoms with Crippen LogP contribution in [0.3, 0.4) is 0 Å². The van der Waals surface area contributed by atoms with E-state index >= 15 is 0 Å². The molecule has 1 N–H and O–H groups in total. The predicted octanol–water partition coefficient (Wildman–Crippen LogP) is -0.290. The second-order valence-electron chi connectivity index (χ2n) is 2.37. The molecule has 0 aromatic carbocycles. The van der Waals surface area contributed by atoms with Crippen molar-refractivity contribution in [1.82, 2.24) is 20.2 Å². The number of carbonyl (C=O) groups is 1. The number of aryl methyl sites for hydroxylation is 1. The number of aromatic nitrogens is 4. The van der Waals surface area contributed by atoms with E-state index in [1.807, 2.05) is 6.92 Å². The summed E-state index contributed by atoms with van der Waals surface area (Å²) in [5.41, 5.74) is 0. The van der Waals surface area contributed by atoms with Gasteiger partial charge in [-0.15, -0.1) is 10.2 Å². The maximum Gasteiger partial charge on any atom is 0.311 e. The summed E-state index contributed by atoms with van der Waals surface area (Å²) < 4.78 is 0. The number of hydrogen-bond donors (Lipinski definition) is 1. The third-order valence-corrected chi connectivity index (χ3v) is 1.23. The molecule has 0 atom stereocenters. The van der Waals surface area contributed by atoms with Crippen LogP contribution in [0.5, 0.6) is 0 Å². The lowest BCUT2D eigenvalue weighted by molar-refractivity contribution is -0.136. The summed E-state index contributed by atoms with van der Waals surface area (Å²) in [6.45, 7) is 2.66. The van der Waals surface area contributed by atoms with Gasteiger partial charge in [-0.1, -0.05) is 6.92 Å². The van der Waals surface area contributed by atoms with Gasteiger partial charge in [0.15, 0.2) is 5.82 Å². The van der Waals surface area contributed by atoms with E-state index < -0.39 is 5.97 Å². The fourth-order valence-corrected chi connectivity index (χ4v) is 0.777. The molecule has 0 amide bonds. The highest BCUT2D eigenvalue weighted by atomic mass is 16.4. The summed E-state index contributed by atoms with van der Waals surface area (Å²) in [7, 11) is 0. The Morgan fingerprint density at radius 3 is 3.00 bits per heavy atom. The molecule has 12 heavy (non-hydrogen) atoms. The van der Waals surface area contributed by atoms with Gasteiger partial charge in [0, 0.05) is 0 Å². The highest BCUT2D eigenvalue weighted by molar-refractivity contribution is 5.68. The Kier molecular flexibility index (Phi) is 2.73. The third kappa shape index (κ3) is 2.30. The van der Waals surface area contributed by atoms with Gasteiger partial charge in [-0.2, -0.15) is 4.80 Å². The van der Waals surface area contributed by atoms with E-state index in [9.17, 15) is 4.79 Å².